The molecule has 0 aliphatic rings. The number of nitro benzene ring substituents is 1. The van der Waals surface area contributed by atoms with Gasteiger partial charge in [-0.2, -0.15) is 0 Å². The fourth-order valence-corrected chi connectivity index (χ4v) is 2.58. The van der Waals surface area contributed by atoms with Crippen LogP contribution in [-0.4, -0.2) is 29.3 Å². The Balaban J connectivity index is 1.87. The van der Waals surface area contributed by atoms with Gasteiger partial charge in [0.2, 0.25) is 5.91 Å². The van der Waals surface area contributed by atoms with Crippen LogP contribution in [0.25, 0.3) is 0 Å². The molecule has 24 heavy (non-hydrogen) atoms. The van der Waals surface area contributed by atoms with E-state index in [1.807, 2.05) is 24.1 Å². The molecule has 2 rings (SSSR count). The number of amides is 1. The average molecular weight is 396 g/mol. The van der Waals surface area contributed by atoms with Gasteiger partial charge in [0.05, 0.1) is 22.7 Å². The normalized spacial score (nSPS) is 10.8. The number of carbonyl (C=O) groups excluding carboxylic acids is 1. The Morgan fingerprint density at radius 1 is 1.38 bits per heavy atom. The number of benzene rings is 1. The van der Waals surface area contributed by atoms with Gasteiger partial charge >= 0.3 is 0 Å². The van der Waals surface area contributed by atoms with Gasteiger partial charge in [-0.3, -0.25) is 19.8 Å². The summed E-state index contributed by atoms with van der Waals surface area (Å²) >= 11 is 3.25. The van der Waals surface area contributed by atoms with E-state index in [1.165, 1.54) is 6.07 Å². The lowest BCUT2D eigenvalue weighted by Gasteiger charge is -2.15. The van der Waals surface area contributed by atoms with Crippen molar-refractivity contribution < 1.29 is 14.1 Å². The fraction of sp³-hybridized carbons (Fsp3) is 0.312. The van der Waals surface area contributed by atoms with Crippen molar-refractivity contribution >= 4 is 33.2 Å². The summed E-state index contributed by atoms with van der Waals surface area (Å²) in [5.74, 6) is 0.616. The highest BCUT2D eigenvalue weighted by atomic mass is 79.9. The summed E-state index contributed by atoms with van der Waals surface area (Å²) in [6, 6.07) is 8.32. The Bertz CT molecular complexity index is 745. The van der Waals surface area contributed by atoms with Gasteiger partial charge in [0.25, 0.3) is 5.69 Å². The van der Waals surface area contributed by atoms with Crippen LogP contribution in [0.3, 0.4) is 0 Å². The topological polar surface area (TPSA) is 88.6 Å². The summed E-state index contributed by atoms with van der Waals surface area (Å²) in [5.41, 5.74) is 0.907. The molecule has 1 aromatic carbocycles. The van der Waals surface area contributed by atoms with Gasteiger partial charge in [-0.15, -0.1) is 0 Å². The molecule has 0 saturated carbocycles. The van der Waals surface area contributed by atoms with Crippen molar-refractivity contribution in [2.45, 2.75) is 19.9 Å². The zero-order valence-electron chi connectivity index (χ0n) is 13.4. The molecule has 0 unspecified atom stereocenters. The SMILES string of the molecule is Cc1c(NC(=O)CCN(C)Cc2ccc(Br)o2)cccc1[N+](=O)[O-]. The first-order valence-corrected chi connectivity index (χ1v) is 8.12. The summed E-state index contributed by atoms with van der Waals surface area (Å²) in [5, 5.41) is 13.7. The molecular weight excluding hydrogens is 378 g/mol. The smallest absolute Gasteiger partial charge is 0.274 e. The van der Waals surface area contributed by atoms with Gasteiger partial charge < -0.3 is 9.73 Å². The molecule has 128 valence electrons. The van der Waals surface area contributed by atoms with Gasteiger partial charge in [-0.25, -0.2) is 0 Å². The molecule has 0 spiro atoms. The molecule has 7 nitrogen and oxygen atoms in total. The molecule has 2 aromatic rings. The van der Waals surface area contributed by atoms with Crippen LogP contribution in [0.1, 0.15) is 17.7 Å². The second-order valence-electron chi connectivity index (χ2n) is 5.45. The highest BCUT2D eigenvalue weighted by Gasteiger charge is 2.15. The van der Waals surface area contributed by atoms with Crippen LogP contribution in [0.4, 0.5) is 11.4 Å². The maximum Gasteiger partial charge on any atom is 0.274 e. The Kier molecular flexibility index (Phi) is 6.10. The van der Waals surface area contributed by atoms with Gasteiger partial charge in [0.1, 0.15) is 5.76 Å². The molecule has 0 aliphatic heterocycles. The standard InChI is InChI=1S/C16H18BrN3O4/c1-11-13(4-3-5-14(11)20(22)23)18-16(21)8-9-19(2)10-12-6-7-15(17)24-12/h3-7H,8-10H2,1-2H3,(H,18,21). The highest BCUT2D eigenvalue weighted by Crippen LogP contribution is 2.25. The molecule has 0 atom stereocenters. The summed E-state index contributed by atoms with van der Waals surface area (Å²) in [6.07, 6.45) is 0.278. The summed E-state index contributed by atoms with van der Waals surface area (Å²) in [6.45, 7) is 2.75. The van der Waals surface area contributed by atoms with Crippen LogP contribution in [0.15, 0.2) is 39.4 Å². The van der Waals surface area contributed by atoms with Gasteiger partial charge in [0.15, 0.2) is 4.67 Å². The summed E-state index contributed by atoms with van der Waals surface area (Å²) in [4.78, 5) is 24.5. The highest BCUT2D eigenvalue weighted by molar-refractivity contribution is 9.10. The molecule has 0 saturated heterocycles. The first-order valence-electron chi connectivity index (χ1n) is 7.33. The second-order valence-corrected chi connectivity index (χ2v) is 6.23. The Morgan fingerprint density at radius 2 is 2.12 bits per heavy atom. The number of hydrogen-bond acceptors (Lipinski definition) is 5. The second kappa shape index (κ2) is 8.07. The molecule has 0 radical (unpaired) electrons. The van der Waals surface area contributed by atoms with E-state index >= 15 is 0 Å². The number of anilines is 1. The molecule has 0 aliphatic carbocycles. The number of nitrogens with zero attached hydrogens (tertiary/aromatic N) is 2. The quantitative estimate of drug-likeness (QED) is 0.569. The number of nitro groups is 1. The minimum Gasteiger partial charge on any atom is -0.453 e. The first-order chi connectivity index (χ1) is 11.4. The van der Waals surface area contributed by atoms with Crippen LogP contribution >= 0.6 is 15.9 Å². The summed E-state index contributed by atoms with van der Waals surface area (Å²) < 4.78 is 6.09. The van der Waals surface area contributed by atoms with Gasteiger partial charge in [0, 0.05) is 19.0 Å². The Hall–Kier alpha value is -2.19. The number of carbonyl (C=O) groups is 1. The predicted molar refractivity (Wildman–Crippen MR) is 93.8 cm³/mol. The Morgan fingerprint density at radius 3 is 2.75 bits per heavy atom. The van der Waals surface area contributed by atoms with Crippen molar-refractivity contribution in [3.8, 4) is 0 Å². The summed E-state index contributed by atoms with van der Waals surface area (Å²) in [7, 11) is 1.89. The third-order valence-corrected chi connectivity index (χ3v) is 3.98. The predicted octanol–water partition coefficient (Wildman–Crippen LogP) is 3.72. The first kappa shape index (κ1) is 18.2. The molecule has 1 N–H and O–H groups in total. The average Bonchev–Trinajstić information content (AvgIpc) is 2.92. The molecule has 1 amide bonds. The van der Waals surface area contributed by atoms with Crippen molar-refractivity contribution in [2.75, 3.05) is 18.9 Å². The molecular formula is C16H18BrN3O4. The molecule has 1 heterocycles. The van der Waals surface area contributed by atoms with Crippen LogP contribution in [-0.2, 0) is 11.3 Å². The van der Waals surface area contributed by atoms with E-state index in [0.717, 1.165) is 5.76 Å². The van der Waals surface area contributed by atoms with E-state index in [4.69, 9.17) is 4.42 Å². The van der Waals surface area contributed by atoms with Crippen LogP contribution in [0.5, 0.6) is 0 Å². The van der Waals surface area contributed by atoms with Gasteiger partial charge in [-0.1, -0.05) is 6.07 Å². The number of halogens is 1. The molecule has 8 heteroatoms. The third kappa shape index (κ3) is 4.90. The molecule has 0 fully saturated rings. The van der Waals surface area contributed by atoms with Crippen molar-refractivity contribution in [1.29, 1.82) is 0 Å². The maximum absolute atomic E-state index is 12.1. The Labute approximate surface area is 147 Å². The van der Waals surface area contributed by atoms with E-state index < -0.39 is 4.92 Å². The van der Waals surface area contributed by atoms with Crippen LogP contribution in [0, 0.1) is 17.0 Å². The monoisotopic (exact) mass is 395 g/mol. The minimum absolute atomic E-state index is 0.00619. The number of nitrogens with one attached hydrogen (secondary N) is 1. The van der Waals surface area contributed by atoms with Crippen LogP contribution in [0.2, 0.25) is 0 Å². The van der Waals surface area contributed by atoms with Crippen molar-refractivity contribution in [2.24, 2.45) is 0 Å². The lowest BCUT2D eigenvalue weighted by atomic mass is 10.1. The largest absolute Gasteiger partial charge is 0.453 e. The molecule has 1 aromatic heterocycles. The van der Waals surface area contributed by atoms with Crippen molar-refractivity contribution in [3.05, 3.63) is 56.4 Å². The van der Waals surface area contributed by atoms with E-state index in [-0.39, 0.29) is 18.0 Å². The number of hydrogen-bond donors (Lipinski definition) is 1. The fourth-order valence-electron chi connectivity index (χ4n) is 2.24. The maximum atomic E-state index is 12.1. The molecule has 0 bridgehead atoms. The number of furan rings is 1. The van der Waals surface area contributed by atoms with E-state index in [9.17, 15) is 14.9 Å². The number of rotatable bonds is 7. The zero-order valence-corrected chi connectivity index (χ0v) is 15.0. The minimum atomic E-state index is -0.458. The van der Waals surface area contributed by atoms with Crippen LogP contribution < -0.4 is 5.32 Å². The van der Waals surface area contributed by atoms with E-state index in [1.54, 1.807) is 19.1 Å². The van der Waals surface area contributed by atoms with Gasteiger partial charge in [-0.05, 0) is 48.1 Å². The third-order valence-electron chi connectivity index (χ3n) is 3.55. The van der Waals surface area contributed by atoms with E-state index in [2.05, 4.69) is 21.2 Å². The van der Waals surface area contributed by atoms with Crippen molar-refractivity contribution in [3.63, 3.8) is 0 Å². The van der Waals surface area contributed by atoms with E-state index in [0.29, 0.717) is 29.0 Å². The lowest BCUT2D eigenvalue weighted by Crippen LogP contribution is -2.24. The van der Waals surface area contributed by atoms with Crippen molar-refractivity contribution in [1.82, 2.24) is 4.90 Å². The zero-order chi connectivity index (χ0) is 17.7. The lowest BCUT2D eigenvalue weighted by molar-refractivity contribution is -0.385.